The predicted molar refractivity (Wildman–Crippen MR) is 99.8 cm³/mol. The lowest BCUT2D eigenvalue weighted by Crippen LogP contribution is -2.44. The molecular weight excluding hydrogens is 368 g/mol. The summed E-state index contributed by atoms with van der Waals surface area (Å²) < 4.78 is 36.1. The van der Waals surface area contributed by atoms with E-state index in [2.05, 4.69) is 5.32 Å². The van der Waals surface area contributed by atoms with E-state index in [-0.39, 0.29) is 23.0 Å². The van der Waals surface area contributed by atoms with Gasteiger partial charge < -0.3 is 19.7 Å². The number of hydrogen-bond acceptors (Lipinski definition) is 6. The third-order valence-electron chi connectivity index (χ3n) is 5.97. The van der Waals surface area contributed by atoms with Gasteiger partial charge >= 0.3 is 0 Å². The minimum absolute atomic E-state index is 0.0159. The largest absolute Gasteiger partial charge is 0.486 e. The van der Waals surface area contributed by atoms with Gasteiger partial charge in [0.1, 0.15) is 13.2 Å². The van der Waals surface area contributed by atoms with Crippen molar-refractivity contribution in [3.63, 3.8) is 0 Å². The highest BCUT2D eigenvalue weighted by molar-refractivity contribution is 7.91. The molecule has 2 saturated heterocycles. The third-order valence-corrected chi connectivity index (χ3v) is 7.68. The number of benzene rings is 1. The number of amides is 1. The monoisotopic (exact) mass is 394 g/mol. The number of nitrogens with one attached hydrogen (secondary N) is 1. The van der Waals surface area contributed by atoms with Crippen molar-refractivity contribution in [1.29, 1.82) is 0 Å². The topological polar surface area (TPSA) is 84.9 Å². The molecule has 1 amide bonds. The molecule has 0 bridgehead atoms. The number of rotatable bonds is 4. The second-order valence-corrected chi connectivity index (χ2v) is 9.79. The molecule has 3 heterocycles. The molecule has 3 aliphatic heterocycles. The van der Waals surface area contributed by atoms with Gasteiger partial charge in [0.25, 0.3) is 0 Å². The first-order valence-electron chi connectivity index (χ1n) is 9.58. The number of carbonyl (C=O) groups is 1. The fraction of sp³-hybridized carbons (Fsp3) is 0.632. The standard InChI is InChI=1S/C19H26N2O5S/c22-18(21-8-5-19(6-9-21)4-7-20-14-19)3-12-27(23,24)15-1-2-16-17(13-15)26-11-10-25-16/h1-2,13,20H,3-12,14H2. The zero-order valence-electron chi connectivity index (χ0n) is 15.4. The summed E-state index contributed by atoms with van der Waals surface area (Å²) in [7, 11) is -3.54. The van der Waals surface area contributed by atoms with Gasteiger partial charge in [-0.3, -0.25) is 4.79 Å². The normalized spacial score (nSPS) is 21.4. The number of nitrogens with zero attached hydrogens (tertiary/aromatic N) is 1. The molecule has 0 saturated carbocycles. The number of hydrogen-bond donors (Lipinski definition) is 1. The number of sulfone groups is 1. The van der Waals surface area contributed by atoms with Crippen LogP contribution in [0.1, 0.15) is 25.7 Å². The van der Waals surface area contributed by atoms with Crippen LogP contribution in [0.2, 0.25) is 0 Å². The van der Waals surface area contributed by atoms with Gasteiger partial charge in [-0.25, -0.2) is 8.42 Å². The Kier molecular flexibility index (Phi) is 5.03. The summed E-state index contributed by atoms with van der Waals surface area (Å²) in [5.74, 6) is 0.742. The van der Waals surface area contributed by atoms with Crippen molar-refractivity contribution in [3.8, 4) is 11.5 Å². The molecule has 0 aromatic heterocycles. The van der Waals surface area contributed by atoms with E-state index >= 15 is 0 Å². The van der Waals surface area contributed by atoms with Gasteiger partial charge in [-0.05, 0) is 43.4 Å². The molecule has 7 nitrogen and oxygen atoms in total. The van der Waals surface area contributed by atoms with Crippen LogP contribution >= 0.6 is 0 Å². The van der Waals surface area contributed by atoms with Crippen LogP contribution < -0.4 is 14.8 Å². The van der Waals surface area contributed by atoms with Crippen LogP contribution in [-0.2, 0) is 14.6 Å². The summed E-state index contributed by atoms with van der Waals surface area (Å²) in [6, 6.07) is 4.63. The molecule has 0 atom stereocenters. The van der Waals surface area contributed by atoms with Gasteiger partial charge in [0.15, 0.2) is 21.3 Å². The van der Waals surface area contributed by atoms with E-state index < -0.39 is 9.84 Å². The quantitative estimate of drug-likeness (QED) is 0.827. The molecule has 0 aliphatic carbocycles. The highest BCUT2D eigenvalue weighted by Crippen LogP contribution is 2.37. The van der Waals surface area contributed by atoms with Gasteiger partial charge in [0, 0.05) is 32.1 Å². The molecule has 3 aliphatic rings. The van der Waals surface area contributed by atoms with E-state index in [1.54, 1.807) is 6.07 Å². The smallest absolute Gasteiger partial charge is 0.223 e. The van der Waals surface area contributed by atoms with E-state index in [1.165, 1.54) is 18.6 Å². The highest BCUT2D eigenvalue weighted by atomic mass is 32.2. The molecule has 0 radical (unpaired) electrons. The Balaban J connectivity index is 1.34. The minimum atomic E-state index is -3.54. The number of piperidine rings is 1. The lowest BCUT2D eigenvalue weighted by atomic mass is 9.78. The van der Waals surface area contributed by atoms with Crippen molar-refractivity contribution in [2.24, 2.45) is 5.41 Å². The van der Waals surface area contributed by atoms with Gasteiger partial charge in [-0.2, -0.15) is 0 Å². The zero-order chi connectivity index (χ0) is 18.9. The van der Waals surface area contributed by atoms with Crippen LogP contribution in [0.25, 0.3) is 0 Å². The van der Waals surface area contributed by atoms with Crippen molar-refractivity contribution >= 4 is 15.7 Å². The van der Waals surface area contributed by atoms with E-state index in [1.807, 2.05) is 4.90 Å². The molecule has 1 aromatic rings. The lowest BCUT2D eigenvalue weighted by Gasteiger charge is -2.39. The van der Waals surface area contributed by atoms with Crippen LogP contribution in [0.15, 0.2) is 23.1 Å². The Morgan fingerprint density at radius 3 is 2.56 bits per heavy atom. The first kappa shape index (κ1) is 18.6. The fourth-order valence-corrected chi connectivity index (χ4v) is 5.41. The fourth-order valence-electron chi connectivity index (χ4n) is 4.17. The van der Waals surface area contributed by atoms with Crippen LogP contribution in [-0.4, -0.2) is 64.4 Å². The molecule has 1 aromatic carbocycles. The third kappa shape index (κ3) is 3.91. The molecule has 148 valence electrons. The maximum absolute atomic E-state index is 12.6. The summed E-state index contributed by atoms with van der Waals surface area (Å²) in [5, 5.41) is 3.41. The van der Waals surface area contributed by atoms with Crippen LogP contribution in [0.5, 0.6) is 11.5 Å². The van der Waals surface area contributed by atoms with E-state index in [0.717, 1.165) is 39.0 Å². The SMILES string of the molecule is O=C(CCS(=O)(=O)c1ccc2c(c1)OCCO2)N1CCC2(CCNC2)CC1. The lowest BCUT2D eigenvalue weighted by molar-refractivity contribution is -0.132. The highest BCUT2D eigenvalue weighted by Gasteiger charge is 2.38. The van der Waals surface area contributed by atoms with E-state index in [4.69, 9.17) is 9.47 Å². The van der Waals surface area contributed by atoms with Crippen molar-refractivity contribution in [2.45, 2.75) is 30.6 Å². The van der Waals surface area contributed by atoms with Crippen LogP contribution in [0.4, 0.5) is 0 Å². The van der Waals surface area contributed by atoms with Gasteiger partial charge in [-0.1, -0.05) is 0 Å². The number of fused-ring (bicyclic) bond motifs is 1. The summed E-state index contributed by atoms with van der Waals surface area (Å²) in [5.41, 5.74) is 0.341. The van der Waals surface area contributed by atoms with Gasteiger partial charge in [0.2, 0.25) is 5.91 Å². The minimum Gasteiger partial charge on any atom is -0.486 e. The average Bonchev–Trinajstić information content (AvgIpc) is 3.14. The summed E-state index contributed by atoms with van der Waals surface area (Å²) in [4.78, 5) is 14.5. The Bertz CT molecular complexity index is 807. The first-order chi connectivity index (χ1) is 13.0. The summed E-state index contributed by atoms with van der Waals surface area (Å²) >= 11 is 0. The van der Waals surface area contributed by atoms with Crippen LogP contribution in [0.3, 0.4) is 0 Å². The Labute approximate surface area is 159 Å². The molecule has 4 rings (SSSR count). The number of likely N-dealkylation sites (tertiary alicyclic amines) is 1. The van der Waals surface area contributed by atoms with Crippen molar-refractivity contribution < 1.29 is 22.7 Å². The molecule has 1 spiro atoms. The number of ether oxygens (including phenoxy) is 2. The van der Waals surface area contributed by atoms with Gasteiger partial charge in [0.05, 0.1) is 10.6 Å². The second kappa shape index (κ2) is 7.31. The molecule has 0 unspecified atom stereocenters. The predicted octanol–water partition coefficient (Wildman–Crippen LogP) is 1.22. The number of carbonyl (C=O) groups excluding carboxylic acids is 1. The van der Waals surface area contributed by atoms with E-state index in [9.17, 15) is 13.2 Å². The van der Waals surface area contributed by atoms with Crippen molar-refractivity contribution in [1.82, 2.24) is 10.2 Å². The molecular formula is C19H26N2O5S. The van der Waals surface area contributed by atoms with Gasteiger partial charge in [-0.15, -0.1) is 0 Å². The maximum Gasteiger partial charge on any atom is 0.223 e. The first-order valence-corrected chi connectivity index (χ1v) is 11.2. The maximum atomic E-state index is 12.6. The Morgan fingerprint density at radius 2 is 1.85 bits per heavy atom. The molecule has 8 heteroatoms. The summed E-state index contributed by atoms with van der Waals surface area (Å²) in [6.45, 7) is 4.41. The van der Waals surface area contributed by atoms with Crippen molar-refractivity contribution in [2.75, 3.05) is 45.1 Å². The Morgan fingerprint density at radius 1 is 1.11 bits per heavy atom. The molecule has 1 N–H and O–H groups in total. The van der Waals surface area contributed by atoms with E-state index in [0.29, 0.717) is 30.1 Å². The Hall–Kier alpha value is -1.80. The van der Waals surface area contributed by atoms with Crippen LogP contribution in [0, 0.1) is 5.41 Å². The molecule has 2 fully saturated rings. The summed E-state index contributed by atoms with van der Waals surface area (Å²) in [6.07, 6.45) is 3.19. The van der Waals surface area contributed by atoms with Crippen molar-refractivity contribution in [3.05, 3.63) is 18.2 Å². The molecule has 27 heavy (non-hydrogen) atoms. The average molecular weight is 394 g/mol. The second-order valence-electron chi connectivity index (χ2n) is 7.68. The zero-order valence-corrected chi connectivity index (χ0v) is 16.2.